The second-order valence-corrected chi connectivity index (χ2v) is 5.09. The quantitative estimate of drug-likeness (QED) is 0.895. The number of nitrogen functional groups attached to an aromatic ring is 1. The molecule has 0 radical (unpaired) electrons. The molecule has 2 heterocycles. The Hall–Kier alpha value is -1.72. The van der Waals surface area contributed by atoms with E-state index >= 15 is 0 Å². The number of nitrogens with zero attached hydrogens (tertiary/aromatic N) is 2. The molecule has 6 heteroatoms. The van der Waals surface area contributed by atoms with E-state index in [2.05, 4.69) is 15.3 Å². The van der Waals surface area contributed by atoms with E-state index in [1.54, 1.807) is 12.1 Å². The predicted molar refractivity (Wildman–Crippen MR) is 83.9 cm³/mol. The summed E-state index contributed by atoms with van der Waals surface area (Å²) in [7, 11) is 0. The fraction of sp³-hybridized carbons (Fsp3) is 0.333. The molecule has 3 N–H and O–H groups in total. The van der Waals surface area contributed by atoms with Gasteiger partial charge in [0.05, 0.1) is 11.4 Å². The normalized spacial score (nSPS) is 18.0. The monoisotopic (exact) mass is 308 g/mol. The van der Waals surface area contributed by atoms with Gasteiger partial charge < -0.3 is 11.1 Å². The topological polar surface area (TPSA) is 63.8 Å². The number of rotatable bonds is 2. The number of nitrogens with one attached hydrogen (secondary N) is 1. The number of nitrogens with two attached hydrogens (primary N) is 1. The number of hydrogen-bond acceptors (Lipinski definition) is 4. The zero-order valence-electron chi connectivity index (χ0n) is 11.6. The molecule has 0 spiro atoms. The molecule has 112 valence electrons. The summed E-state index contributed by atoms with van der Waals surface area (Å²) < 4.78 is 13.0. The second kappa shape index (κ2) is 6.83. The molecule has 2 aromatic rings. The third kappa shape index (κ3) is 3.68. The summed E-state index contributed by atoms with van der Waals surface area (Å²) in [5, 5.41) is 3.37. The molecular weight excluding hydrogens is 291 g/mol. The van der Waals surface area contributed by atoms with Gasteiger partial charge in [0.15, 0.2) is 0 Å². The van der Waals surface area contributed by atoms with Gasteiger partial charge in [0.25, 0.3) is 0 Å². The molecule has 1 aromatic heterocycles. The van der Waals surface area contributed by atoms with Crippen LogP contribution in [0.4, 0.5) is 10.3 Å². The maximum atomic E-state index is 13.0. The SMILES string of the molecule is Cl.Nc1nc(-c2ccc(F)cc2)cc(C2CCCNC2)n1. The van der Waals surface area contributed by atoms with Crippen LogP contribution < -0.4 is 11.1 Å². The van der Waals surface area contributed by atoms with E-state index in [0.29, 0.717) is 5.92 Å². The average molecular weight is 309 g/mol. The molecule has 1 aromatic carbocycles. The van der Waals surface area contributed by atoms with Gasteiger partial charge in [-0.15, -0.1) is 12.4 Å². The van der Waals surface area contributed by atoms with Crippen LogP contribution in [0.3, 0.4) is 0 Å². The maximum Gasteiger partial charge on any atom is 0.220 e. The van der Waals surface area contributed by atoms with E-state index in [9.17, 15) is 4.39 Å². The first-order valence-electron chi connectivity index (χ1n) is 6.83. The highest BCUT2D eigenvalue weighted by atomic mass is 35.5. The molecule has 0 amide bonds. The first-order chi connectivity index (χ1) is 9.72. The van der Waals surface area contributed by atoms with E-state index in [0.717, 1.165) is 42.9 Å². The van der Waals surface area contributed by atoms with Crippen molar-refractivity contribution in [2.75, 3.05) is 18.8 Å². The van der Waals surface area contributed by atoms with Crippen molar-refractivity contribution >= 4 is 18.4 Å². The number of anilines is 1. The molecule has 0 bridgehead atoms. The molecule has 1 atom stereocenters. The summed E-state index contributed by atoms with van der Waals surface area (Å²) in [6, 6.07) is 8.23. The Balaban J connectivity index is 0.00000161. The molecule has 1 saturated heterocycles. The lowest BCUT2D eigenvalue weighted by molar-refractivity contribution is 0.454. The molecule has 3 rings (SSSR count). The van der Waals surface area contributed by atoms with Crippen molar-refractivity contribution in [3.63, 3.8) is 0 Å². The third-order valence-corrected chi connectivity index (χ3v) is 3.62. The highest BCUT2D eigenvalue weighted by Gasteiger charge is 2.18. The van der Waals surface area contributed by atoms with E-state index in [1.807, 2.05) is 6.07 Å². The lowest BCUT2D eigenvalue weighted by Gasteiger charge is -2.22. The van der Waals surface area contributed by atoms with Crippen molar-refractivity contribution in [2.45, 2.75) is 18.8 Å². The second-order valence-electron chi connectivity index (χ2n) is 5.09. The van der Waals surface area contributed by atoms with Crippen LogP contribution in [0.25, 0.3) is 11.3 Å². The van der Waals surface area contributed by atoms with Crippen molar-refractivity contribution < 1.29 is 4.39 Å². The average Bonchev–Trinajstić information content (AvgIpc) is 2.48. The Morgan fingerprint density at radius 3 is 2.62 bits per heavy atom. The molecule has 21 heavy (non-hydrogen) atoms. The van der Waals surface area contributed by atoms with Crippen LogP contribution in [0.15, 0.2) is 30.3 Å². The van der Waals surface area contributed by atoms with Gasteiger partial charge in [0, 0.05) is 18.0 Å². The molecule has 1 aliphatic rings. The summed E-state index contributed by atoms with van der Waals surface area (Å²) in [5.74, 6) is 0.383. The van der Waals surface area contributed by atoms with Gasteiger partial charge in [-0.3, -0.25) is 0 Å². The molecule has 0 aliphatic carbocycles. The summed E-state index contributed by atoms with van der Waals surface area (Å²) in [4.78, 5) is 8.61. The summed E-state index contributed by atoms with van der Waals surface area (Å²) in [6.45, 7) is 1.97. The van der Waals surface area contributed by atoms with Gasteiger partial charge in [-0.1, -0.05) is 0 Å². The lowest BCUT2D eigenvalue weighted by Crippen LogP contribution is -2.29. The van der Waals surface area contributed by atoms with E-state index in [1.165, 1.54) is 12.1 Å². The van der Waals surface area contributed by atoms with Crippen LogP contribution in [-0.2, 0) is 0 Å². The van der Waals surface area contributed by atoms with Crippen molar-refractivity contribution in [3.05, 3.63) is 41.8 Å². The Bertz CT molecular complexity index is 597. The Morgan fingerprint density at radius 2 is 1.95 bits per heavy atom. The first kappa shape index (κ1) is 15.7. The van der Waals surface area contributed by atoms with E-state index in [4.69, 9.17) is 5.73 Å². The molecule has 0 saturated carbocycles. The molecule has 1 fully saturated rings. The highest BCUT2D eigenvalue weighted by molar-refractivity contribution is 5.85. The van der Waals surface area contributed by atoms with Crippen LogP contribution in [-0.4, -0.2) is 23.1 Å². The standard InChI is InChI=1S/C15H17FN4.ClH/c16-12-5-3-10(4-6-12)13-8-14(20-15(17)19-13)11-2-1-7-18-9-11;/h3-6,8,11,18H,1-2,7,9H2,(H2,17,19,20);1H. The third-order valence-electron chi connectivity index (χ3n) is 3.62. The molecule has 1 unspecified atom stereocenters. The number of benzene rings is 1. The van der Waals surface area contributed by atoms with Crippen LogP contribution in [0.1, 0.15) is 24.5 Å². The molecular formula is C15H18ClFN4. The fourth-order valence-electron chi connectivity index (χ4n) is 2.57. The van der Waals surface area contributed by atoms with Crippen molar-refractivity contribution in [1.82, 2.24) is 15.3 Å². The van der Waals surface area contributed by atoms with Crippen molar-refractivity contribution in [2.24, 2.45) is 0 Å². The van der Waals surface area contributed by atoms with E-state index < -0.39 is 0 Å². The lowest BCUT2D eigenvalue weighted by atomic mass is 9.95. The van der Waals surface area contributed by atoms with Gasteiger partial charge in [-0.2, -0.15) is 0 Å². The smallest absolute Gasteiger partial charge is 0.220 e. The minimum absolute atomic E-state index is 0. The summed E-state index contributed by atoms with van der Waals surface area (Å²) in [5.41, 5.74) is 8.38. The van der Waals surface area contributed by atoms with Gasteiger partial charge in [-0.25, -0.2) is 14.4 Å². The Labute approximate surface area is 129 Å². The Kier molecular flexibility index (Phi) is 5.09. The summed E-state index contributed by atoms with van der Waals surface area (Å²) in [6.07, 6.45) is 2.24. The van der Waals surface area contributed by atoms with Crippen LogP contribution >= 0.6 is 12.4 Å². The highest BCUT2D eigenvalue weighted by Crippen LogP contribution is 2.26. The van der Waals surface area contributed by atoms with Crippen molar-refractivity contribution in [3.8, 4) is 11.3 Å². The largest absolute Gasteiger partial charge is 0.368 e. The first-order valence-corrected chi connectivity index (χ1v) is 6.83. The zero-order valence-corrected chi connectivity index (χ0v) is 12.4. The number of halogens is 2. The van der Waals surface area contributed by atoms with Crippen LogP contribution in [0, 0.1) is 5.82 Å². The summed E-state index contributed by atoms with van der Waals surface area (Å²) >= 11 is 0. The van der Waals surface area contributed by atoms with E-state index in [-0.39, 0.29) is 24.2 Å². The molecule has 4 nitrogen and oxygen atoms in total. The fourth-order valence-corrected chi connectivity index (χ4v) is 2.57. The predicted octanol–water partition coefficient (Wildman–Crippen LogP) is 2.75. The number of aromatic nitrogens is 2. The molecule has 1 aliphatic heterocycles. The number of hydrogen-bond donors (Lipinski definition) is 2. The zero-order chi connectivity index (χ0) is 13.9. The van der Waals surface area contributed by atoms with Gasteiger partial charge in [0.2, 0.25) is 5.95 Å². The van der Waals surface area contributed by atoms with Gasteiger partial charge in [0.1, 0.15) is 5.82 Å². The van der Waals surface area contributed by atoms with Crippen LogP contribution in [0.2, 0.25) is 0 Å². The van der Waals surface area contributed by atoms with Gasteiger partial charge >= 0.3 is 0 Å². The maximum absolute atomic E-state index is 13.0. The van der Waals surface area contributed by atoms with Crippen molar-refractivity contribution in [1.29, 1.82) is 0 Å². The van der Waals surface area contributed by atoms with Gasteiger partial charge in [-0.05, 0) is 49.7 Å². The minimum atomic E-state index is -0.257. The number of piperidine rings is 1. The Morgan fingerprint density at radius 1 is 1.19 bits per heavy atom. The van der Waals surface area contributed by atoms with Crippen LogP contribution in [0.5, 0.6) is 0 Å². The minimum Gasteiger partial charge on any atom is -0.368 e.